The Morgan fingerprint density at radius 3 is 2.24 bits per heavy atom. The number of nitrogens with two attached hydrogens (primary N) is 1. The predicted octanol–water partition coefficient (Wildman–Crippen LogP) is 2.13. The average molecular weight is 252 g/mol. The first-order chi connectivity index (χ1) is 7.91. The lowest BCUT2D eigenvalue weighted by Crippen LogP contribution is -2.09. The summed E-state index contributed by atoms with van der Waals surface area (Å²) in [6, 6.07) is 0. The molecule has 0 aliphatic rings. The van der Waals surface area contributed by atoms with Crippen LogP contribution < -0.4 is 5.73 Å². The van der Waals surface area contributed by atoms with E-state index in [-0.39, 0.29) is 5.28 Å². The van der Waals surface area contributed by atoms with Gasteiger partial charge in [0.05, 0.1) is 17.1 Å². The van der Waals surface area contributed by atoms with Crippen molar-refractivity contribution in [3.8, 4) is 5.82 Å². The first-order valence-corrected chi connectivity index (χ1v) is 5.62. The highest BCUT2D eigenvalue weighted by molar-refractivity contribution is 6.28. The largest absolute Gasteiger partial charge is 0.394 e. The van der Waals surface area contributed by atoms with Gasteiger partial charge < -0.3 is 5.73 Å². The second kappa shape index (κ2) is 4.00. The molecule has 0 fully saturated rings. The van der Waals surface area contributed by atoms with Crippen LogP contribution in [0.2, 0.25) is 5.28 Å². The van der Waals surface area contributed by atoms with Crippen molar-refractivity contribution in [2.45, 2.75) is 27.7 Å². The van der Waals surface area contributed by atoms with Gasteiger partial charge in [0, 0.05) is 5.69 Å². The van der Waals surface area contributed by atoms with Crippen molar-refractivity contribution >= 4 is 17.3 Å². The second-order valence-corrected chi connectivity index (χ2v) is 4.36. The number of aromatic nitrogens is 4. The van der Waals surface area contributed by atoms with Gasteiger partial charge in [0.2, 0.25) is 5.28 Å². The molecule has 2 heterocycles. The van der Waals surface area contributed by atoms with Crippen molar-refractivity contribution < 1.29 is 0 Å². The lowest BCUT2D eigenvalue weighted by atomic mass is 10.2. The van der Waals surface area contributed by atoms with Gasteiger partial charge >= 0.3 is 0 Å². The van der Waals surface area contributed by atoms with Gasteiger partial charge in [-0.25, -0.2) is 9.67 Å². The Morgan fingerprint density at radius 1 is 1.06 bits per heavy atom. The molecule has 6 heteroatoms. The summed E-state index contributed by atoms with van der Waals surface area (Å²) in [5.41, 5.74) is 10.2. The van der Waals surface area contributed by atoms with E-state index < -0.39 is 0 Å². The third-order valence-corrected chi connectivity index (χ3v) is 3.11. The zero-order valence-corrected chi connectivity index (χ0v) is 11.0. The van der Waals surface area contributed by atoms with Crippen LogP contribution in [0.25, 0.3) is 5.82 Å². The minimum absolute atomic E-state index is 0.178. The smallest absolute Gasteiger partial charge is 0.224 e. The maximum Gasteiger partial charge on any atom is 0.224 e. The van der Waals surface area contributed by atoms with Gasteiger partial charge in [-0.05, 0) is 44.9 Å². The molecule has 0 aromatic carbocycles. The van der Waals surface area contributed by atoms with Crippen molar-refractivity contribution in [3.05, 3.63) is 27.9 Å². The van der Waals surface area contributed by atoms with Crippen LogP contribution in [0.4, 0.5) is 5.69 Å². The summed E-state index contributed by atoms with van der Waals surface area (Å²) >= 11 is 5.85. The topological polar surface area (TPSA) is 69.6 Å². The molecule has 0 atom stereocenters. The van der Waals surface area contributed by atoms with Crippen molar-refractivity contribution in [2.75, 3.05) is 5.73 Å². The summed E-state index contributed by atoms with van der Waals surface area (Å²) in [6.45, 7) is 7.73. The number of hydrogen-bond acceptors (Lipinski definition) is 4. The molecule has 2 rings (SSSR count). The SMILES string of the molecule is Cc1nn(-c2nc(Cl)nc(C)c2N)c(C)c1C. The molecule has 2 aromatic rings. The van der Waals surface area contributed by atoms with Gasteiger partial charge in [-0.3, -0.25) is 0 Å². The molecule has 0 spiro atoms. The van der Waals surface area contributed by atoms with Crippen LogP contribution in [0.1, 0.15) is 22.6 Å². The second-order valence-electron chi connectivity index (χ2n) is 4.02. The first-order valence-electron chi connectivity index (χ1n) is 5.24. The molecule has 0 saturated heterocycles. The number of rotatable bonds is 1. The summed E-state index contributed by atoms with van der Waals surface area (Å²) in [7, 11) is 0. The summed E-state index contributed by atoms with van der Waals surface area (Å²) in [4.78, 5) is 8.16. The zero-order chi connectivity index (χ0) is 12.7. The van der Waals surface area contributed by atoms with E-state index >= 15 is 0 Å². The van der Waals surface area contributed by atoms with Crippen LogP contribution in [-0.2, 0) is 0 Å². The number of anilines is 1. The van der Waals surface area contributed by atoms with E-state index in [0.29, 0.717) is 17.2 Å². The van der Waals surface area contributed by atoms with E-state index in [2.05, 4.69) is 15.1 Å². The number of hydrogen-bond donors (Lipinski definition) is 1. The molecule has 0 aliphatic carbocycles. The maximum absolute atomic E-state index is 5.97. The van der Waals surface area contributed by atoms with E-state index in [4.69, 9.17) is 17.3 Å². The number of aryl methyl sites for hydroxylation is 2. The highest BCUT2D eigenvalue weighted by atomic mass is 35.5. The average Bonchev–Trinajstić information content (AvgIpc) is 2.51. The Morgan fingerprint density at radius 2 is 1.71 bits per heavy atom. The molecule has 0 aliphatic heterocycles. The Balaban J connectivity index is 2.72. The maximum atomic E-state index is 5.97. The molecule has 2 N–H and O–H groups in total. The third-order valence-electron chi connectivity index (χ3n) is 2.94. The van der Waals surface area contributed by atoms with Crippen LogP contribution in [0.15, 0.2) is 0 Å². The van der Waals surface area contributed by atoms with Crippen molar-refractivity contribution in [3.63, 3.8) is 0 Å². The van der Waals surface area contributed by atoms with Crippen molar-refractivity contribution in [1.82, 2.24) is 19.7 Å². The Labute approximate surface area is 105 Å². The predicted molar refractivity (Wildman–Crippen MR) is 67.5 cm³/mol. The summed E-state index contributed by atoms with van der Waals surface area (Å²) in [5, 5.41) is 4.59. The van der Waals surface area contributed by atoms with Crippen LogP contribution in [0, 0.1) is 27.7 Å². The van der Waals surface area contributed by atoms with E-state index in [1.165, 1.54) is 0 Å². The van der Waals surface area contributed by atoms with E-state index in [0.717, 1.165) is 17.0 Å². The molecular formula is C11H14ClN5. The summed E-state index contributed by atoms with van der Waals surface area (Å²) in [6.07, 6.45) is 0. The fourth-order valence-electron chi connectivity index (χ4n) is 1.62. The molecule has 0 saturated carbocycles. The lowest BCUT2D eigenvalue weighted by molar-refractivity contribution is 0.800. The van der Waals surface area contributed by atoms with Gasteiger partial charge in [0.25, 0.3) is 0 Å². The van der Waals surface area contributed by atoms with E-state index in [1.54, 1.807) is 11.6 Å². The highest BCUT2D eigenvalue weighted by Crippen LogP contribution is 2.22. The molecule has 17 heavy (non-hydrogen) atoms. The third kappa shape index (κ3) is 1.86. The minimum Gasteiger partial charge on any atom is -0.394 e. The summed E-state index contributed by atoms with van der Waals surface area (Å²) < 4.78 is 1.71. The normalized spacial score (nSPS) is 10.9. The van der Waals surface area contributed by atoms with Gasteiger partial charge in [-0.2, -0.15) is 10.1 Å². The molecule has 2 aromatic heterocycles. The quantitative estimate of drug-likeness (QED) is 0.789. The van der Waals surface area contributed by atoms with Crippen LogP contribution in [-0.4, -0.2) is 19.7 Å². The fraction of sp³-hybridized carbons (Fsp3) is 0.364. The van der Waals surface area contributed by atoms with Gasteiger partial charge in [-0.15, -0.1) is 0 Å². The molecule has 0 bridgehead atoms. The molecule has 0 amide bonds. The monoisotopic (exact) mass is 251 g/mol. The molecular weight excluding hydrogens is 238 g/mol. The molecule has 0 radical (unpaired) electrons. The van der Waals surface area contributed by atoms with E-state index in [1.807, 2.05) is 20.8 Å². The fourth-order valence-corrected chi connectivity index (χ4v) is 1.83. The van der Waals surface area contributed by atoms with Gasteiger partial charge in [0.1, 0.15) is 0 Å². The highest BCUT2D eigenvalue weighted by Gasteiger charge is 2.15. The first kappa shape index (κ1) is 11.9. The van der Waals surface area contributed by atoms with Crippen LogP contribution in [0.3, 0.4) is 0 Å². The van der Waals surface area contributed by atoms with Crippen molar-refractivity contribution in [2.24, 2.45) is 0 Å². The number of halogens is 1. The number of nitrogens with zero attached hydrogens (tertiary/aromatic N) is 4. The van der Waals surface area contributed by atoms with Crippen LogP contribution in [0.5, 0.6) is 0 Å². The molecule has 90 valence electrons. The summed E-state index contributed by atoms with van der Waals surface area (Å²) in [5.74, 6) is 0.538. The van der Waals surface area contributed by atoms with Gasteiger partial charge in [0.15, 0.2) is 5.82 Å². The Bertz CT molecular complexity index is 588. The van der Waals surface area contributed by atoms with E-state index in [9.17, 15) is 0 Å². The zero-order valence-electron chi connectivity index (χ0n) is 10.2. The Hall–Kier alpha value is -1.62. The van der Waals surface area contributed by atoms with Crippen LogP contribution >= 0.6 is 11.6 Å². The Kier molecular flexibility index (Phi) is 2.79. The minimum atomic E-state index is 0.178. The lowest BCUT2D eigenvalue weighted by Gasteiger charge is -2.09. The standard InChI is InChI=1S/C11H14ClN5/c1-5-6(2)16-17(8(5)4)10-9(13)7(3)14-11(12)15-10/h13H2,1-4H3. The van der Waals surface area contributed by atoms with Crippen molar-refractivity contribution in [1.29, 1.82) is 0 Å². The van der Waals surface area contributed by atoms with Gasteiger partial charge in [-0.1, -0.05) is 0 Å². The molecule has 5 nitrogen and oxygen atoms in total. The molecule has 0 unspecified atom stereocenters. The number of nitrogen functional groups attached to an aromatic ring is 1.